The van der Waals surface area contributed by atoms with Gasteiger partial charge in [-0.05, 0) is 31.9 Å². The van der Waals surface area contributed by atoms with E-state index in [0.717, 1.165) is 29.1 Å². The Morgan fingerprint density at radius 1 is 1.42 bits per heavy atom. The molecule has 1 aliphatic rings. The molecule has 2 atom stereocenters. The Bertz CT molecular complexity index is 758. The number of aryl methyl sites for hydroxylation is 2. The lowest BCUT2D eigenvalue weighted by Crippen LogP contribution is -2.54. The quantitative estimate of drug-likeness (QED) is 0.835. The Balaban J connectivity index is 1.52. The van der Waals surface area contributed by atoms with Crippen molar-refractivity contribution >= 4 is 17.5 Å². The van der Waals surface area contributed by atoms with Crippen molar-refractivity contribution < 1.29 is 14.4 Å². The summed E-state index contributed by atoms with van der Waals surface area (Å²) in [6.45, 7) is 5.80. The molecule has 0 unspecified atom stereocenters. The molecule has 6 nitrogen and oxygen atoms in total. The Morgan fingerprint density at radius 2 is 2.19 bits per heavy atom. The molecule has 1 fully saturated rings. The molecule has 3 rings (SSSR count). The van der Waals surface area contributed by atoms with Crippen LogP contribution in [0, 0.1) is 13.8 Å². The third-order valence-corrected chi connectivity index (χ3v) is 5.25. The standard InChI is InChI=1S/C19H24ClN3O3/c1-12-15(13(2)26-22-12)10-23-8-7-17(18(24)11-23)21-19(25)9-14-5-3-4-6-16(14)20/h3-6,17-18,24H,7-11H2,1-2H3,(H,21,25)/t17-,18-/m1/s1. The van der Waals surface area contributed by atoms with Crippen LogP contribution in [0.2, 0.25) is 5.02 Å². The van der Waals surface area contributed by atoms with Crippen molar-refractivity contribution in [3.63, 3.8) is 0 Å². The molecule has 0 aliphatic carbocycles. The molecular weight excluding hydrogens is 354 g/mol. The van der Waals surface area contributed by atoms with Gasteiger partial charge in [0, 0.05) is 30.2 Å². The number of aromatic nitrogens is 1. The van der Waals surface area contributed by atoms with Crippen molar-refractivity contribution in [3.8, 4) is 0 Å². The summed E-state index contributed by atoms with van der Waals surface area (Å²) in [4.78, 5) is 14.5. The number of β-amino-alcohol motifs (C(OH)–C–C–N with tert-alkyl or cyclic N) is 1. The van der Waals surface area contributed by atoms with E-state index in [0.29, 0.717) is 24.5 Å². The van der Waals surface area contributed by atoms with Crippen LogP contribution in [-0.2, 0) is 17.8 Å². The topological polar surface area (TPSA) is 78.6 Å². The van der Waals surface area contributed by atoms with E-state index < -0.39 is 6.10 Å². The third-order valence-electron chi connectivity index (χ3n) is 4.88. The van der Waals surface area contributed by atoms with Crippen molar-refractivity contribution in [2.24, 2.45) is 0 Å². The number of likely N-dealkylation sites (tertiary alicyclic amines) is 1. The highest BCUT2D eigenvalue weighted by Crippen LogP contribution is 2.20. The number of benzene rings is 1. The van der Waals surface area contributed by atoms with Crippen LogP contribution in [0.3, 0.4) is 0 Å². The first-order valence-corrected chi connectivity index (χ1v) is 9.16. The van der Waals surface area contributed by atoms with Gasteiger partial charge in [-0.3, -0.25) is 9.69 Å². The first-order chi connectivity index (χ1) is 12.4. The number of hydrogen-bond donors (Lipinski definition) is 2. The van der Waals surface area contributed by atoms with Crippen LogP contribution < -0.4 is 5.32 Å². The molecule has 26 heavy (non-hydrogen) atoms. The molecule has 1 amide bonds. The summed E-state index contributed by atoms with van der Waals surface area (Å²) in [5, 5.41) is 17.9. The van der Waals surface area contributed by atoms with Crippen LogP contribution in [0.15, 0.2) is 28.8 Å². The highest BCUT2D eigenvalue weighted by atomic mass is 35.5. The van der Waals surface area contributed by atoms with Crippen LogP contribution in [-0.4, -0.2) is 46.3 Å². The number of carbonyl (C=O) groups excluding carboxylic acids is 1. The summed E-state index contributed by atoms with van der Waals surface area (Å²) in [6, 6.07) is 7.06. The van der Waals surface area contributed by atoms with Crippen molar-refractivity contribution in [2.75, 3.05) is 13.1 Å². The van der Waals surface area contributed by atoms with E-state index in [2.05, 4.69) is 15.4 Å². The van der Waals surface area contributed by atoms with Crippen molar-refractivity contribution in [2.45, 2.75) is 45.4 Å². The minimum absolute atomic E-state index is 0.124. The first-order valence-electron chi connectivity index (χ1n) is 8.79. The predicted octanol–water partition coefficient (Wildman–Crippen LogP) is 2.24. The fraction of sp³-hybridized carbons (Fsp3) is 0.474. The van der Waals surface area contributed by atoms with Gasteiger partial charge in [0.05, 0.1) is 24.3 Å². The number of hydrogen-bond acceptors (Lipinski definition) is 5. The number of nitrogens with one attached hydrogen (secondary N) is 1. The lowest BCUT2D eigenvalue weighted by Gasteiger charge is -2.36. The van der Waals surface area contributed by atoms with Gasteiger partial charge in [0.1, 0.15) is 5.76 Å². The largest absolute Gasteiger partial charge is 0.390 e. The monoisotopic (exact) mass is 377 g/mol. The lowest BCUT2D eigenvalue weighted by atomic mass is 10.0. The Kier molecular flexibility index (Phi) is 5.96. The molecule has 140 valence electrons. The second kappa shape index (κ2) is 8.20. The molecule has 2 N–H and O–H groups in total. The average Bonchev–Trinajstić information content (AvgIpc) is 2.91. The maximum absolute atomic E-state index is 12.3. The number of nitrogens with zero attached hydrogens (tertiary/aromatic N) is 2. The van der Waals surface area contributed by atoms with Crippen molar-refractivity contribution in [3.05, 3.63) is 51.9 Å². The van der Waals surface area contributed by atoms with Crippen molar-refractivity contribution in [1.82, 2.24) is 15.4 Å². The Hall–Kier alpha value is -1.89. The van der Waals surface area contributed by atoms with E-state index in [1.807, 2.05) is 32.0 Å². The molecule has 1 aliphatic heterocycles. The molecule has 1 aromatic carbocycles. The zero-order valence-electron chi connectivity index (χ0n) is 15.0. The smallest absolute Gasteiger partial charge is 0.224 e. The normalized spacial score (nSPS) is 20.9. The molecule has 2 heterocycles. The number of aliphatic hydroxyl groups is 1. The number of rotatable bonds is 5. The van der Waals surface area contributed by atoms with Gasteiger partial charge in [-0.25, -0.2) is 0 Å². The molecule has 0 saturated carbocycles. The maximum Gasteiger partial charge on any atom is 0.224 e. The number of aliphatic hydroxyl groups excluding tert-OH is 1. The second-order valence-corrected chi connectivity index (χ2v) is 7.24. The van der Waals surface area contributed by atoms with Gasteiger partial charge in [-0.15, -0.1) is 0 Å². The van der Waals surface area contributed by atoms with Gasteiger partial charge in [0.2, 0.25) is 5.91 Å². The molecule has 0 bridgehead atoms. The minimum atomic E-state index is -0.612. The van der Waals surface area contributed by atoms with Gasteiger partial charge in [-0.2, -0.15) is 0 Å². The Labute approximate surface area is 158 Å². The second-order valence-electron chi connectivity index (χ2n) is 6.84. The zero-order chi connectivity index (χ0) is 18.7. The first kappa shape index (κ1) is 18.9. The van der Waals surface area contributed by atoms with E-state index in [1.165, 1.54) is 0 Å². The lowest BCUT2D eigenvalue weighted by molar-refractivity contribution is -0.122. The summed E-state index contributed by atoms with van der Waals surface area (Å²) in [7, 11) is 0. The zero-order valence-corrected chi connectivity index (χ0v) is 15.8. The Morgan fingerprint density at radius 3 is 2.85 bits per heavy atom. The maximum atomic E-state index is 12.3. The summed E-state index contributed by atoms with van der Waals surface area (Å²) >= 11 is 6.10. The van der Waals surface area contributed by atoms with Gasteiger partial charge in [0.25, 0.3) is 0 Å². The average molecular weight is 378 g/mol. The highest BCUT2D eigenvalue weighted by molar-refractivity contribution is 6.31. The minimum Gasteiger partial charge on any atom is -0.390 e. The van der Waals surface area contributed by atoms with E-state index in [9.17, 15) is 9.90 Å². The van der Waals surface area contributed by atoms with Crippen LogP contribution >= 0.6 is 11.6 Å². The van der Waals surface area contributed by atoms with E-state index in [1.54, 1.807) is 6.07 Å². The van der Waals surface area contributed by atoms with E-state index in [-0.39, 0.29) is 18.4 Å². The van der Waals surface area contributed by atoms with Crippen LogP contribution in [0.1, 0.15) is 29.0 Å². The van der Waals surface area contributed by atoms with Crippen LogP contribution in [0.4, 0.5) is 0 Å². The molecule has 1 saturated heterocycles. The number of carbonyl (C=O) groups is 1. The number of halogens is 1. The van der Waals surface area contributed by atoms with E-state index >= 15 is 0 Å². The number of amides is 1. The van der Waals surface area contributed by atoms with Crippen LogP contribution in [0.5, 0.6) is 0 Å². The summed E-state index contributed by atoms with van der Waals surface area (Å²) in [5.74, 6) is 0.688. The summed E-state index contributed by atoms with van der Waals surface area (Å²) < 4.78 is 5.20. The number of piperidine rings is 1. The fourth-order valence-corrected chi connectivity index (χ4v) is 3.54. The van der Waals surface area contributed by atoms with Crippen LogP contribution in [0.25, 0.3) is 0 Å². The summed E-state index contributed by atoms with van der Waals surface area (Å²) in [6.07, 6.45) is 0.296. The third kappa shape index (κ3) is 4.44. The van der Waals surface area contributed by atoms with Gasteiger partial charge >= 0.3 is 0 Å². The molecule has 1 aromatic heterocycles. The molecule has 0 spiro atoms. The van der Waals surface area contributed by atoms with Gasteiger partial charge < -0.3 is 14.9 Å². The predicted molar refractivity (Wildman–Crippen MR) is 99.0 cm³/mol. The SMILES string of the molecule is Cc1noc(C)c1CN1CC[C@@H](NC(=O)Cc2ccccc2Cl)[C@H](O)C1. The molecule has 7 heteroatoms. The molecular formula is C19H24ClN3O3. The van der Waals surface area contributed by atoms with Gasteiger partial charge in [-0.1, -0.05) is 35.0 Å². The fourth-order valence-electron chi connectivity index (χ4n) is 3.33. The van der Waals surface area contributed by atoms with Gasteiger partial charge in [0.15, 0.2) is 0 Å². The molecule has 2 aromatic rings. The van der Waals surface area contributed by atoms with E-state index in [4.69, 9.17) is 16.1 Å². The summed E-state index contributed by atoms with van der Waals surface area (Å²) in [5.41, 5.74) is 2.74. The highest BCUT2D eigenvalue weighted by Gasteiger charge is 2.29. The van der Waals surface area contributed by atoms with Crippen molar-refractivity contribution in [1.29, 1.82) is 0 Å². The molecule has 0 radical (unpaired) electrons.